The summed E-state index contributed by atoms with van der Waals surface area (Å²) < 4.78 is 8.67. The molecular formula is C31H21NO. The summed E-state index contributed by atoms with van der Waals surface area (Å²) in [4.78, 5) is 0. The minimum absolute atomic E-state index is 0.928. The van der Waals surface area contributed by atoms with Crippen molar-refractivity contribution in [1.82, 2.24) is 4.57 Å². The highest BCUT2D eigenvalue weighted by Gasteiger charge is 2.15. The van der Waals surface area contributed by atoms with E-state index < -0.39 is 0 Å². The SMILES string of the molecule is Cc1ccc(-n2c3ccccc3c3cc(-c4cccc5c4oc4ccccc45)ccc32)cc1. The Hall–Kier alpha value is -4.30. The largest absolute Gasteiger partial charge is 0.455 e. The summed E-state index contributed by atoms with van der Waals surface area (Å²) >= 11 is 0. The average molecular weight is 424 g/mol. The molecule has 0 bridgehead atoms. The zero-order chi connectivity index (χ0) is 21.9. The molecule has 7 rings (SSSR count). The Balaban J connectivity index is 1.52. The van der Waals surface area contributed by atoms with Crippen molar-refractivity contribution in [2.45, 2.75) is 6.92 Å². The van der Waals surface area contributed by atoms with E-state index in [2.05, 4.69) is 109 Å². The smallest absolute Gasteiger partial charge is 0.143 e. The van der Waals surface area contributed by atoms with Gasteiger partial charge in [0.1, 0.15) is 11.2 Å². The van der Waals surface area contributed by atoms with Gasteiger partial charge in [-0.2, -0.15) is 0 Å². The topological polar surface area (TPSA) is 18.1 Å². The molecule has 156 valence electrons. The van der Waals surface area contributed by atoms with Gasteiger partial charge in [0, 0.05) is 32.8 Å². The first-order valence-corrected chi connectivity index (χ1v) is 11.3. The molecule has 0 unspecified atom stereocenters. The van der Waals surface area contributed by atoms with Crippen molar-refractivity contribution in [3.8, 4) is 16.8 Å². The Kier molecular flexibility index (Phi) is 3.80. The van der Waals surface area contributed by atoms with E-state index in [-0.39, 0.29) is 0 Å². The highest BCUT2D eigenvalue weighted by molar-refractivity contribution is 6.13. The molecule has 0 saturated heterocycles. The molecule has 0 fully saturated rings. The van der Waals surface area contributed by atoms with Gasteiger partial charge in [-0.15, -0.1) is 0 Å². The molecule has 0 atom stereocenters. The number of furan rings is 1. The van der Waals surface area contributed by atoms with Crippen LogP contribution in [0.5, 0.6) is 0 Å². The minimum atomic E-state index is 0.928. The fraction of sp³-hybridized carbons (Fsp3) is 0.0323. The van der Waals surface area contributed by atoms with Crippen molar-refractivity contribution < 1.29 is 4.42 Å². The third-order valence-corrected chi connectivity index (χ3v) is 6.68. The maximum Gasteiger partial charge on any atom is 0.143 e. The van der Waals surface area contributed by atoms with Crippen LogP contribution in [0.3, 0.4) is 0 Å². The van der Waals surface area contributed by atoms with Gasteiger partial charge >= 0.3 is 0 Å². The standard InChI is InChI=1S/C31H21NO/c1-20-13-16-22(17-14-20)32-28-11-4-2-7-24(28)27-19-21(15-18-29(27)32)23-9-6-10-26-25-8-3-5-12-30(25)33-31(23)26/h2-19H,1H3. The molecular weight excluding hydrogens is 402 g/mol. The van der Waals surface area contributed by atoms with Crippen molar-refractivity contribution in [3.63, 3.8) is 0 Å². The second-order valence-corrected chi connectivity index (χ2v) is 8.70. The lowest BCUT2D eigenvalue weighted by atomic mass is 10.0. The van der Waals surface area contributed by atoms with Gasteiger partial charge in [-0.05, 0) is 48.9 Å². The molecule has 2 heteroatoms. The number of nitrogens with zero attached hydrogens (tertiary/aromatic N) is 1. The second-order valence-electron chi connectivity index (χ2n) is 8.70. The fourth-order valence-electron chi connectivity index (χ4n) is 5.09. The van der Waals surface area contributed by atoms with Gasteiger partial charge in [0.05, 0.1) is 11.0 Å². The van der Waals surface area contributed by atoms with Crippen LogP contribution >= 0.6 is 0 Å². The minimum Gasteiger partial charge on any atom is -0.455 e. The van der Waals surface area contributed by atoms with Crippen LogP contribution < -0.4 is 0 Å². The number of para-hydroxylation sites is 3. The number of fused-ring (bicyclic) bond motifs is 6. The lowest BCUT2D eigenvalue weighted by Gasteiger charge is -2.09. The Morgan fingerprint density at radius 2 is 1.30 bits per heavy atom. The van der Waals surface area contributed by atoms with E-state index >= 15 is 0 Å². The maximum absolute atomic E-state index is 6.32. The van der Waals surface area contributed by atoms with E-state index in [0.717, 1.165) is 27.5 Å². The summed E-state index contributed by atoms with van der Waals surface area (Å²) in [6.45, 7) is 2.13. The molecule has 2 heterocycles. The average Bonchev–Trinajstić information content (AvgIpc) is 3.40. The van der Waals surface area contributed by atoms with Gasteiger partial charge in [-0.1, -0.05) is 78.4 Å². The first-order valence-electron chi connectivity index (χ1n) is 11.3. The number of hydrogen-bond donors (Lipinski definition) is 0. The zero-order valence-electron chi connectivity index (χ0n) is 18.2. The van der Waals surface area contributed by atoms with Crippen LogP contribution in [0.1, 0.15) is 5.56 Å². The molecule has 0 spiro atoms. The fourth-order valence-corrected chi connectivity index (χ4v) is 5.09. The van der Waals surface area contributed by atoms with Gasteiger partial charge in [0.2, 0.25) is 0 Å². The quantitative estimate of drug-likeness (QED) is 0.272. The van der Waals surface area contributed by atoms with E-state index in [1.54, 1.807) is 0 Å². The van der Waals surface area contributed by atoms with Crippen molar-refractivity contribution in [2.75, 3.05) is 0 Å². The predicted molar refractivity (Wildman–Crippen MR) is 138 cm³/mol. The molecule has 33 heavy (non-hydrogen) atoms. The predicted octanol–water partition coefficient (Wildman–Crippen LogP) is 8.66. The molecule has 7 aromatic rings. The van der Waals surface area contributed by atoms with Crippen LogP contribution in [-0.4, -0.2) is 4.57 Å². The van der Waals surface area contributed by atoms with Crippen LogP contribution in [-0.2, 0) is 0 Å². The van der Waals surface area contributed by atoms with Crippen LogP contribution in [0, 0.1) is 6.92 Å². The number of aromatic nitrogens is 1. The summed E-state index contributed by atoms with van der Waals surface area (Å²) in [5, 5.41) is 4.82. The van der Waals surface area contributed by atoms with E-state index in [1.165, 1.54) is 38.6 Å². The van der Waals surface area contributed by atoms with E-state index in [9.17, 15) is 0 Å². The Labute approximate surface area is 191 Å². The molecule has 0 aliphatic heterocycles. The first-order chi connectivity index (χ1) is 16.3. The van der Waals surface area contributed by atoms with Crippen LogP contribution in [0.2, 0.25) is 0 Å². The van der Waals surface area contributed by atoms with E-state index in [4.69, 9.17) is 4.42 Å². The molecule has 0 aliphatic carbocycles. The molecule has 2 aromatic heterocycles. The van der Waals surface area contributed by atoms with Crippen molar-refractivity contribution in [1.29, 1.82) is 0 Å². The van der Waals surface area contributed by atoms with Crippen molar-refractivity contribution in [3.05, 3.63) is 115 Å². The Bertz CT molecular complexity index is 1820. The van der Waals surface area contributed by atoms with Crippen molar-refractivity contribution in [2.24, 2.45) is 0 Å². The molecule has 0 saturated carbocycles. The second kappa shape index (κ2) is 6.85. The van der Waals surface area contributed by atoms with Gasteiger partial charge in [-0.3, -0.25) is 0 Å². The van der Waals surface area contributed by atoms with Crippen LogP contribution in [0.25, 0.3) is 60.6 Å². The molecule has 0 aliphatic rings. The van der Waals surface area contributed by atoms with Gasteiger partial charge in [0.15, 0.2) is 0 Å². The van der Waals surface area contributed by atoms with Gasteiger partial charge in [-0.25, -0.2) is 0 Å². The number of hydrogen-bond acceptors (Lipinski definition) is 1. The zero-order valence-corrected chi connectivity index (χ0v) is 18.2. The summed E-state index contributed by atoms with van der Waals surface area (Å²) in [5.74, 6) is 0. The third kappa shape index (κ3) is 2.68. The number of rotatable bonds is 2. The maximum atomic E-state index is 6.32. The first kappa shape index (κ1) is 18.3. The molecule has 2 nitrogen and oxygen atoms in total. The highest BCUT2D eigenvalue weighted by atomic mass is 16.3. The van der Waals surface area contributed by atoms with E-state index in [1.807, 2.05) is 12.1 Å². The lowest BCUT2D eigenvalue weighted by molar-refractivity contribution is 0.670. The lowest BCUT2D eigenvalue weighted by Crippen LogP contribution is -1.93. The monoisotopic (exact) mass is 423 g/mol. The third-order valence-electron chi connectivity index (χ3n) is 6.68. The molecule has 0 N–H and O–H groups in total. The Morgan fingerprint density at radius 3 is 2.18 bits per heavy atom. The number of benzene rings is 5. The highest BCUT2D eigenvalue weighted by Crippen LogP contribution is 2.39. The summed E-state index contributed by atoms with van der Waals surface area (Å²) in [6.07, 6.45) is 0. The molecule has 0 radical (unpaired) electrons. The van der Waals surface area contributed by atoms with Crippen LogP contribution in [0.15, 0.2) is 114 Å². The van der Waals surface area contributed by atoms with Gasteiger partial charge < -0.3 is 8.98 Å². The summed E-state index contributed by atoms with van der Waals surface area (Å²) in [5.41, 5.74) is 9.03. The van der Waals surface area contributed by atoms with Gasteiger partial charge in [0.25, 0.3) is 0 Å². The molecule has 5 aromatic carbocycles. The summed E-state index contributed by atoms with van der Waals surface area (Å²) in [7, 11) is 0. The summed E-state index contributed by atoms with van der Waals surface area (Å²) in [6, 6.07) is 38.8. The normalized spacial score (nSPS) is 11.8. The van der Waals surface area contributed by atoms with Crippen LogP contribution in [0.4, 0.5) is 0 Å². The Morgan fingerprint density at radius 1 is 0.576 bits per heavy atom. The molecule has 0 amide bonds. The number of aryl methyl sites for hydroxylation is 1. The van der Waals surface area contributed by atoms with Crippen molar-refractivity contribution >= 4 is 43.7 Å². The van der Waals surface area contributed by atoms with E-state index in [0.29, 0.717) is 0 Å².